The number of phenols is 2. The van der Waals surface area contributed by atoms with Gasteiger partial charge in [-0.2, -0.15) is 0 Å². The van der Waals surface area contributed by atoms with Crippen molar-refractivity contribution in [2.24, 2.45) is 0 Å². The van der Waals surface area contributed by atoms with Crippen molar-refractivity contribution in [2.45, 2.75) is 0 Å². The number of hydrogen-bond donors (Lipinski definition) is 4. The van der Waals surface area contributed by atoms with Gasteiger partial charge < -0.3 is 25.6 Å². The van der Waals surface area contributed by atoms with Crippen LogP contribution in [0.2, 0.25) is 20.1 Å². The number of anilines is 2. The maximum absolute atomic E-state index is 12.8. The van der Waals surface area contributed by atoms with Gasteiger partial charge in [0.05, 0.1) is 32.8 Å². The molecule has 0 saturated heterocycles. The molecule has 0 aromatic heterocycles. The van der Waals surface area contributed by atoms with Gasteiger partial charge in [0.2, 0.25) is 0 Å². The van der Waals surface area contributed by atoms with Gasteiger partial charge in [0.25, 0.3) is 11.8 Å². The summed E-state index contributed by atoms with van der Waals surface area (Å²) in [6, 6.07) is 9.55. The third kappa shape index (κ3) is 5.14. The summed E-state index contributed by atoms with van der Waals surface area (Å²) in [4.78, 5) is 25.5. The van der Waals surface area contributed by atoms with Crippen LogP contribution in [0.3, 0.4) is 0 Å². The molecule has 0 bridgehead atoms. The van der Waals surface area contributed by atoms with Gasteiger partial charge in [-0.1, -0.05) is 46.4 Å². The van der Waals surface area contributed by atoms with E-state index in [9.17, 15) is 19.8 Å². The average molecular weight is 516 g/mol. The molecule has 2 amide bonds. The van der Waals surface area contributed by atoms with Gasteiger partial charge >= 0.3 is 0 Å². The van der Waals surface area contributed by atoms with Crippen LogP contribution in [-0.2, 0) is 0 Å². The number of rotatable bonds is 5. The molecule has 0 aliphatic heterocycles. The molecule has 0 atom stereocenters. The normalized spacial score (nSPS) is 10.5. The molecule has 0 heterocycles. The van der Waals surface area contributed by atoms with E-state index >= 15 is 0 Å². The number of ether oxygens (including phenoxy) is 1. The molecule has 3 rings (SSSR count). The maximum Gasteiger partial charge on any atom is 0.259 e. The second-order valence-corrected chi connectivity index (χ2v) is 8.03. The molecular formula is C21H14Cl4N2O5. The second kappa shape index (κ2) is 9.75. The highest BCUT2D eigenvalue weighted by atomic mass is 35.5. The molecule has 32 heavy (non-hydrogen) atoms. The molecule has 4 N–H and O–H groups in total. The largest absolute Gasteiger partial charge is 0.505 e. The van der Waals surface area contributed by atoms with Crippen LogP contribution in [0.4, 0.5) is 11.4 Å². The third-order valence-electron chi connectivity index (χ3n) is 4.26. The van der Waals surface area contributed by atoms with E-state index in [1.165, 1.54) is 49.6 Å². The number of carbonyl (C=O) groups excluding carboxylic acids is 2. The summed E-state index contributed by atoms with van der Waals surface area (Å²) in [5, 5.41) is 24.3. The van der Waals surface area contributed by atoms with Crippen LogP contribution in [0.25, 0.3) is 0 Å². The smallest absolute Gasteiger partial charge is 0.259 e. The van der Waals surface area contributed by atoms with Crippen LogP contribution in [0.1, 0.15) is 20.7 Å². The molecule has 166 valence electrons. The Morgan fingerprint density at radius 2 is 1.19 bits per heavy atom. The summed E-state index contributed by atoms with van der Waals surface area (Å²) < 4.78 is 5.22. The van der Waals surface area contributed by atoms with E-state index in [-0.39, 0.29) is 59.8 Å². The number of aromatic hydroxyl groups is 2. The first-order valence-corrected chi connectivity index (χ1v) is 10.3. The monoisotopic (exact) mass is 514 g/mol. The number of amides is 2. The minimum atomic E-state index is -0.606. The average Bonchev–Trinajstić information content (AvgIpc) is 2.75. The Morgan fingerprint density at radius 3 is 1.62 bits per heavy atom. The molecule has 0 saturated carbocycles. The van der Waals surface area contributed by atoms with E-state index < -0.39 is 11.8 Å². The number of nitrogens with one attached hydrogen (secondary N) is 2. The van der Waals surface area contributed by atoms with Crippen molar-refractivity contribution in [3.63, 3.8) is 0 Å². The van der Waals surface area contributed by atoms with Crippen LogP contribution < -0.4 is 15.4 Å². The van der Waals surface area contributed by atoms with Crippen LogP contribution in [0.5, 0.6) is 17.2 Å². The molecule has 0 aliphatic carbocycles. The van der Waals surface area contributed by atoms with Crippen molar-refractivity contribution in [1.82, 2.24) is 0 Å². The van der Waals surface area contributed by atoms with Crippen molar-refractivity contribution < 1.29 is 24.5 Å². The molecule has 0 fully saturated rings. The van der Waals surface area contributed by atoms with Crippen LogP contribution in [0, 0.1) is 0 Å². The van der Waals surface area contributed by atoms with Gasteiger partial charge in [0.15, 0.2) is 11.5 Å². The van der Waals surface area contributed by atoms with Crippen LogP contribution in [-0.4, -0.2) is 29.1 Å². The summed E-state index contributed by atoms with van der Waals surface area (Å²) in [6.45, 7) is 0. The van der Waals surface area contributed by atoms with E-state index in [4.69, 9.17) is 51.1 Å². The van der Waals surface area contributed by atoms with E-state index in [1.807, 2.05) is 0 Å². The molecule has 0 unspecified atom stereocenters. The minimum Gasteiger partial charge on any atom is -0.505 e. The molecular weight excluding hydrogens is 502 g/mol. The Morgan fingerprint density at radius 1 is 0.750 bits per heavy atom. The lowest BCUT2D eigenvalue weighted by Crippen LogP contribution is -2.16. The standard InChI is InChI=1S/C21H14Cl4N2O5/c1-32-17-3-2-9(20(30)26-10-5-13(22)18(28)14(23)6-10)4-12(17)21(31)27-11-7-15(24)19(29)16(25)8-11/h2-8,28-29H,1H3,(H,26,30)(H,27,31). The van der Waals surface area contributed by atoms with Crippen molar-refractivity contribution in [3.05, 3.63) is 73.7 Å². The first-order chi connectivity index (χ1) is 15.1. The van der Waals surface area contributed by atoms with Gasteiger partial charge in [-0.15, -0.1) is 0 Å². The summed E-state index contributed by atoms with van der Waals surface area (Å²) in [5.74, 6) is -1.56. The van der Waals surface area contributed by atoms with E-state index in [0.717, 1.165) is 0 Å². The minimum absolute atomic E-state index is 0.0335. The van der Waals surface area contributed by atoms with E-state index in [0.29, 0.717) is 0 Å². The van der Waals surface area contributed by atoms with Crippen molar-refractivity contribution in [3.8, 4) is 17.2 Å². The number of hydrogen-bond acceptors (Lipinski definition) is 5. The van der Waals surface area contributed by atoms with E-state index in [2.05, 4.69) is 10.6 Å². The highest BCUT2D eigenvalue weighted by Crippen LogP contribution is 2.36. The summed E-state index contributed by atoms with van der Waals surface area (Å²) in [7, 11) is 1.38. The predicted molar refractivity (Wildman–Crippen MR) is 125 cm³/mol. The fraction of sp³-hybridized carbons (Fsp3) is 0.0476. The molecule has 7 nitrogen and oxygen atoms in total. The third-order valence-corrected chi connectivity index (χ3v) is 5.41. The molecule has 0 radical (unpaired) electrons. The highest BCUT2D eigenvalue weighted by molar-refractivity contribution is 6.38. The van der Waals surface area contributed by atoms with Gasteiger partial charge in [-0.3, -0.25) is 9.59 Å². The zero-order chi connectivity index (χ0) is 23.6. The second-order valence-electron chi connectivity index (χ2n) is 6.40. The molecule has 0 aliphatic rings. The molecule has 3 aromatic rings. The van der Waals surface area contributed by atoms with Gasteiger partial charge in [0.1, 0.15) is 5.75 Å². The Kier molecular flexibility index (Phi) is 7.26. The van der Waals surface area contributed by atoms with Crippen molar-refractivity contribution in [2.75, 3.05) is 17.7 Å². The fourth-order valence-electron chi connectivity index (χ4n) is 2.70. The summed E-state index contributed by atoms with van der Waals surface area (Å²) in [6.07, 6.45) is 0. The van der Waals surface area contributed by atoms with Gasteiger partial charge in [-0.05, 0) is 42.5 Å². The Bertz CT molecular complexity index is 1190. The number of benzene rings is 3. The Balaban J connectivity index is 1.88. The SMILES string of the molecule is COc1ccc(C(=O)Nc2cc(Cl)c(O)c(Cl)c2)cc1C(=O)Nc1cc(Cl)c(O)c(Cl)c1. The quantitative estimate of drug-likeness (QED) is 0.301. The highest BCUT2D eigenvalue weighted by Gasteiger charge is 2.18. The number of carbonyl (C=O) groups is 2. The van der Waals surface area contributed by atoms with Crippen molar-refractivity contribution >= 4 is 69.6 Å². The maximum atomic E-state index is 12.8. The molecule has 3 aromatic carbocycles. The first-order valence-electron chi connectivity index (χ1n) is 8.77. The number of halogens is 4. The Hall–Kier alpha value is -2.84. The topological polar surface area (TPSA) is 108 Å². The zero-order valence-electron chi connectivity index (χ0n) is 16.2. The zero-order valence-corrected chi connectivity index (χ0v) is 19.2. The van der Waals surface area contributed by atoms with E-state index in [1.54, 1.807) is 0 Å². The summed E-state index contributed by atoms with van der Waals surface area (Å²) >= 11 is 23.5. The van der Waals surface area contributed by atoms with Crippen LogP contribution >= 0.6 is 46.4 Å². The number of methoxy groups -OCH3 is 1. The van der Waals surface area contributed by atoms with Gasteiger partial charge in [0, 0.05) is 16.9 Å². The fourth-order valence-corrected chi connectivity index (χ4v) is 3.68. The lowest BCUT2D eigenvalue weighted by atomic mass is 10.1. The Labute approximate surface area is 202 Å². The lowest BCUT2D eigenvalue weighted by Gasteiger charge is -2.13. The van der Waals surface area contributed by atoms with Crippen LogP contribution in [0.15, 0.2) is 42.5 Å². The molecule has 11 heteroatoms. The predicted octanol–water partition coefficient (Wildman–Crippen LogP) is 6.22. The molecule has 0 spiro atoms. The van der Waals surface area contributed by atoms with Crippen molar-refractivity contribution in [1.29, 1.82) is 0 Å². The summed E-state index contributed by atoms with van der Waals surface area (Å²) in [5.41, 5.74) is 0.673. The lowest BCUT2D eigenvalue weighted by molar-refractivity contribution is 0.102. The van der Waals surface area contributed by atoms with Gasteiger partial charge in [-0.25, -0.2) is 0 Å². The first kappa shape index (κ1) is 23.8. The number of phenolic OH excluding ortho intramolecular Hbond substituents is 2.